The molecule has 1 aromatic carbocycles. The predicted molar refractivity (Wildman–Crippen MR) is 108 cm³/mol. The maximum atomic E-state index is 11.0. The number of carbonyl (C=O) groups is 1. The van der Waals surface area contributed by atoms with Gasteiger partial charge >= 0.3 is 5.97 Å². The molecule has 1 fully saturated rings. The van der Waals surface area contributed by atoms with E-state index in [1.807, 2.05) is 44.1 Å². The van der Waals surface area contributed by atoms with Gasteiger partial charge in [-0.15, -0.1) is 0 Å². The fraction of sp³-hybridized carbons (Fsp3) is 0.524. The number of aromatic nitrogens is 1. The van der Waals surface area contributed by atoms with Gasteiger partial charge in [-0.1, -0.05) is 0 Å². The highest BCUT2D eigenvalue weighted by atomic mass is 16.5. The molecule has 27 heavy (non-hydrogen) atoms. The first-order valence-corrected chi connectivity index (χ1v) is 9.66. The van der Waals surface area contributed by atoms with Crippen molar-refractivity contribution in [2.45, 2.75) is 45.3 Å². The topological polar surface area (TPSA) is 65.9 Å². The molecule has 0 amide bonds. The number of fused-ring (bicyclic) bond motifs is 1. The van der Waals surface area contributed by atoms with Crippen molar-refractivity contribution in [3.63, 3.8) is 0 Å². The Hall–Kier alpha value is -2.34. The lowest BCUT2D eigenvalue weighted by molar-refractivity contribution is -0.138. The van der Waals surface area contributed by atoms with Crippen molar-refractivity contribution >= 4 is 22.6 Å². The molecule has 6 heteroatoms. The molecule has 1 aliphatic heterocycles. The van der Waals surface area contributed by atoms with Crippen LogP contribution in [0.1, 0.15) is 33.1 Å². The highest BCUT2D eigenvalue weighted by Crippen LogP contribution is 2.31. The van der Waals surface area contributed by atoms with Gasteiger partial charge in [0, 0.05) is 36.4 Å². The number of hydrogen-bond donors (Lipinski definition) is 1. The van der Waals surface area contributed by atoms with Gasteiger partial charge in [-0.3, -0.25) is 14.7 Å². The number of carboxylic acid groups (broad SMARTS) is 1. The van der Waals surface area contributed by atoms with Gasteiger partial charge in [0.2, 0.25) is 0 Å². The zero-order chi connectivity index (χ0) is 19.4. The van der Waals surface area contributed by atoms with Crippen LogP contribution in [0.4, 0.5) is 5.69 Å². The van der Waals surface area contributed by atoms with E-state index in [-0.39, 0.29) is 12.6 Å². The maximum Gasteiger partial charge on any atom is 0.317 e. The number of nitrogens with zero attached hydrogens (tertiary/aromatic N) is 3. The number of ether oxygens (including phenoxy) is 1. The van der Waals surface area contributed by atoms with Crippen molar-refractivity contribution in [1.82, 2.24) is 9.88 Å². The molecule has 1 aliphatic rings. The Morgan fingerprint density at radius 1 is 1.33 bits per heavy atom. The summed E-state index contributed by atoms with van der Waals surface area (Å²) < 4.78 is 5.87. The molecule has 6 nitrogen and oxygen atoms in total. The van der Waals surface area contributed by atoms with Gasteiger partial charge in [-0.05, 0) is 64.4 Å². The Labute approximate surface area is 160 Å². The minimum absolute atomic E-state index is 0.0960. The van der Waals surface area contributed by atoms with E-state index in [1.54, 1.807) is 0 Å². The second kappa shape index (κ2) is 8.57. The van der Waals surface area contributed by atoms with Crippen molar-refractivity contribution in [3.05, 3.63) is 30.5 Å². The van der Waals surface area contributed by atoms with E-state index in [0.29, 0.717) is 6.04 Å². The first kappa shape index (κ1) is 19.4. The van der Waals surface area contributed by atoms with Crippen molar-refractivity contribution in [2.24, 2.45) is 0 Å². The Bertz CT molecular complexity index is 793. The molecule has 1 atom stereocenters. The second-order valence-electron chi connectivity index (χ2n) is 7.56. The standard InChI is InChI=1S/C21H29N3O3/c1-15(2)27-17-6-7-19-18(13-17)20(8-10-22-19)24-11-4-5-16(9-12-24)23(3)14-21(25)26/h6-8,10,13,15-16H,4-5,9,11-12,14H2,1-3H3,(H,25,26). The SMILES string of the molecule is CC(C)Oc1ccc2nccc(N3CCCC(N(C)CC(=O)O)CC3)c2c1. The van der Waals surface area contributed by atoms with E-state index >= 15 is 0 Å². The highest BCUT2D eigenvalue weighted by Gasteiger charge is 2.22. The summed E-state index contributed by atoms with van der Waals surface area (Å²) >= 11 is 0. The summed E-state index contributed by atoms with van der Waals surface area (Å²) in [6.45, 7) is 6.02. The summed E-state index contributed by atoms with van der Waals surface area (Å²) in [6.07, 6.45) is 5.01. The van der Waals surface area contributed by atoms with Gasteiger partial charge in [0.1, 0.15) is 5.75 Å². The molecular weight excluding hydrogens is 342 g/mol. The molecule has 146 valence electrons. The minimum atomic E-state index is -0.767. The van der Waals surface area contributed by atoms with Crippen LogP contribution in [-0.4, -0.2) is 59.8 Å². The summed E-state index contributed by atoms with van der Waals surface area (Å²) in [6, 6.07) is 8.44. The number of benzene rings is 1. The number of likely N-dealkylation sites (N-methyl/N-ethyl adjacent to an activating group) is 1. The molecule has 2 heterocycles. The summed E-state index contributed by atoms with van der Waals surface area (Å²) in [5, 5.41) is 10.2. The molecule has 0 bridgehead atoms. The molecule has 0 saturated carbocycles. The van der Waals surface area contributed by atoms with Crippen LogP contribution in [0.5, 0.6) is 5.75 Å². The van der Waals surface area contributed by atoms with Gasteiger partial charge in [-0.25, -0.2) is 0 Å². The number of hydrogen-bond acceptors (Lipinski definition) is 5. The highest BCUT2D eigenvalue weighted by molar-refractivity contribution is 5.92. The fourth-order valence-corrected chi connectivity index (χ4v) is 3.83. The molecule has 0 aliphatic carbocycles. The number of carboxylic acids is 1. The summed E-state index contributed by atoms with van der Waals surface area (Å²) in [5.41, 5.74) is 2.14. The average Bonchev–Trinajstić information content (AvgIpc) is 2.86. The zero-order valence-corrected chi connectivity index (χ0v) is 16.4. The van der Waals surface area contributed by atoms with Crippen LogP contribution in [0, 0.1) is 0 Å². The van der Waals surface area contributed by atoms with Gasteiger partial charge in [0.05, 0.1) is 18.2 Å². The average molecular weight is 371 g/mol. The monoisotopic (exact) mass is 371 g/mol. The smallest absolute Gasteiger partial charge is 0.317 e. The molecule has 1 aromatic heterocycles. The number of anilines is 1. The van der Waals surface area contributed by atoms with Gasteiger partial charge in [0.25, 0.3) is 0 Å². The lowest BCUT2D eigenvalue weighted by Crippen LogP contribution is -2.36. The third-order valence-electron chi connectivity index (χ3n) is 5.11. The lowest BCUT2D eigenvalue weighted by atomic mass is 10.1. The van der Waals surface area contributed by atoms with Crippen molar-refractivity contribution < 1.29 is 14.6 Å². The van der Waals surface area contributed by atoms with Gasteiger partial charge < -0.3 is 14.7 Å². The van der Waals surface area contributed by atoms with Crippen LogP contribution in [-0.2, 0) is 4.79 Å². The summed E-state index contributed by atoms with van der Waals surface area (Å²) in [5.74, 6) is 0.0945. The normalized spacial score (nSPS) is 18.1. The van der Waals surface area contributed by atoms with E-state index in [0.717, 1.165) is 49.0 Å². The number of rotatable bonds is 6. The molecular formula is C21H29N3O3. The van der Waals surface area contributed by atoms with Crippen LogP contribution >= 0.6 is 0 Å². The van der Waals surface area contributed by atoms with Crippen molar-refractivity contribution in [3.8, 4) is 5.75 Å². The van der Waals surface area contributed by atoms with Crippen molar-refractivity contribution in [2.75, 3.05) is 31.6 Å². The van der Waals surface area contributed by atoms with E-state index in [1.165, 1.54) is 5.69 Å². The fourth-order valence-electron chi connectivity index (χ4n) is 3.83. The van der Waals surface area contributed by atoms with Crippen LogP contribution in [0.15, 0.2) is 30.5 Å². The number of aliphatic carboxylic acids is 1. The predicted octanol–water partition coefficient (Wildman–Crippen LogP) is 3.40. The summed E-state index contributed by atoms with van der Waals surface area (Å²) in [4.78, 5) is 19.9. The Kier molecular flexibility index (Phi) is 6.16. The van der Waals surface area contributed by atoms with Gasteiger partial charge in [-0.2, -0.15) is 0 Å². The first-order chi connectivity index (χ1) is 12.9. The zero-order valence-electron chi connectivity index (χ0n) is 16.4. The van der Waals surface area contributed by atoms with E-state index in [9.17, 15) is 4.79 Å². The Balaban J connectivity index is 1.81. The molecule has 1 N–H and O–H groups in total. The van der Waals surface area contributed by atoms with E-state index in [4.69, 9.17) is 9.84 Å². The quantitative estimate of drug-likeness (QED) is 0.840. The van der Waals surface area contributed by atoms with Gasteiger partial charge in [0.15, 0.2) is 0 Å². The third-order valence-corrected chi connectivity index (χ3v) is 5.11. The molecule has 0 spiro atoms. The van der Waals surface area contributed by atoms with E-state index < -0.39 is 5.97 Å². The largest absolute Gasteiger partial charge is 0.491 e. The first-order valence-electron chi connectivity index (χ1n) is 9.66. The van der Waals surface area contributed by atoms with Crippen LogP contribution in [0.25, 0.3) is 10.9 Å². The Morgan fingerprint density at radius 3 is 2.89 bits per heavy atom. The Morgan fingerprint density at radius 2 is 2.15 bits per heavy atom. The molecule has 0 radical (unpaired) electrons. The molecule has 1 unspecified atom stereocenters. The lowest BCUT2D eigenvalue weighted by Gasteiger charge is -2.27. The summed E-state index contributed by atoms with van der Waals surface area (Å²) in [7, 11) is 1.91. The molecule has 3 rings (SSSR count). The van der Waals surface area contributed by atoms with E-state index in [2.05, 4.69) is 22.0 Å². The molecule has 1 saturated heterocycles. The van der Waals surface area contributed by atoms with Crippen molar-refractivity contribution in [1.29, 1.82) is 0 Å². The maximum absolute atomic E-state index is 11.0. The second-order valence-corrected chi connectivity index (χ2v) is 7.56. The molecule has 2 aromatic rings. The third kappa shape index (κ3) is 4.89. The number of pyridine rings is 1. The van der Waals surface area contributed by atoms with Crippen LogP contribution in [0.3, 0.4) is 0 Å². The van der Waals surface area contributed by atoms with Crippen LogP contribution in [0.2, 0.25) is 0 Å². The minimum Gasteiger partial charge on any atom is -0.491 e. The van der Waals surface area contributed by atoms with Crippen LogP contribution < -0.4 is 9.64 Å².